The second-order valence-electron chi connectivity index (χ2n) is 2.59. The van der Waals surface area contributed by atoms with Crippen LogP contribution in [-0.2, 0) is 14.4 Å². The molecule has 0 bridgehead atoms. The Morgan fingerprint density at radius 2 is 1.83 bits per heavy atom. The Morgan fingerprint density at radius 3 is 2.17 bits per heavy atom. The van der Waals surface area contributed by atoms with Gasteiger partial charge in [-0.1, -0.05) is 0 Å². The molecule has 0 aliphatic rings. The summed E-state index contributed by atoms with van der Waals surface area (Å²) in [5.74, 6) is -1.20. The van der Waals surface area contributed by atoms with Crippen molar-refractivity contribution in [2.24, 2.45) is 5.73 Å². The fourth-order valence-electron chi connectivity index (χ4n) is 0.670. The van der Waals surface area contributed by atoms with Gasteiger partial charge in [0.2, 0.25) is 11.8 Å². The summed E-state index contributed by atoms with van der Waals surface area (Å²) < 4.78 is 0. The van der Waals surface area contributed by atoms with Crippen LogP contribution in [-0.4, -0.2) is 36.1 Å². The van der Waals surface area contributed by atoms with Crippen molar-refractivity contribution in [3.63, 3.8) is 0 Å². The van der Waals surface area contributed by atoms with Gasteiger partial charge < -0.3 is 10.6 Å². The minimum Gasteiger partial charge on any atom is -0.368 e. The summed E-state index contributed by atoms with van der Waals surface area (Å²) in [5.41, 5.74) is 4.84. The lowest BCUT2D eigenvalue weighted by atomic mass is 10.3. The highest BCUT2D eigenvalue weighted by Crippen LogP contribution is 1.90. The van der Waals surface area contributed by atoms with E-state index in [9.17, 15) is 14.4 Å². The van der Waals surface area contributed by atoms with E-state index in [4.69, 9.17) is 5.73 Å². The SMILES string of the molecule is CC(=O)CC(=O)N(C)CC(N)=O. The van der Waals surface area contributed by atoms with Crippen molar-refractivity contribution >= 4 is 17.6 Å². The van der Waals surface area contributed by atoms with E-state index >= 15 is 0 Å². The summed E-state index contributed by atoms with van der Waals surface area (Å²) in [4.78, 5) is 32.9. The van der Waals surface area contributed by atoms with Crippen LogP contribution < -0.4 is 5.73 Å². The highest BCUT2D eigenvalue weighted by Gasteiger charge is 2.12. The van der Waals surface area contributed by atoms with E-state index in [0.29, 0.717) is 0 Å². The van der Waals surface area contributed by atoms with Crippen LogP contribution in [0.25, 0.3) is 0 Å². The summed E-state index contributed by atoms with van der Waals surface area (Å²) in [6, 6.07) is 0. The highest BCUT2D eigenvalue weighted by atomic mass is 16.2. The van der Waals surface area contributed by atoms with Crippen LogP contribution >= 0.6 is 0 Å². The van der Waals surface area contributed by atoms with E-state index in [0.717, 1.165) is 4.90 Å². The molecule has 0 saturated carbocycles. The first-order valence-electron chi connectivity index (χ1n) is 3.45. The van der Waals surface area contributed by atoms with E-state index in [2.05, 4.69) is 0 Å². The van der Waals surface area contributed by atoms with E-state index in [1.165, 1.54) is 14.0 Å². The van der Waals surface area contributed by atoms with Crippen LogP contribution in [0.15, 0.2) is 0 Å². The fourth-order valence-corrected chi connectivity index (χ4v) is 0.670. The van der Waals surface area contributed by atoms with Crippen LogP contribution in [0, 0.1) is 0 Å². The van der Waals surface area contributed by atoms with Crippen molar-refractivity contribution < 1.29 is 14.4 Å². The average molecular weight is 172 g/mol. The molecule has 2 amide bonds. The van der Waals surface area contributed by atoms with Gasteiger partial charge in [-0.3, -0.25) is 14.4 Å². The number of primary amides is 1. The van der Waals surface area contributed by atoms with Crippen LogP contribution in [0.1, 0.15) is 13.3 Å². The third-order valence-corrected chi connectivity index (χ3v) is 1.22. The van der Waals surface area contributed by atoms with Crippen LogP contribution in [0.2, 0.25) is 0 Å². The first kappa shape index (κ1) is 10.6. The molecule has 12 heavy (non-hydrogen) atoms. The Labute approximate surface area is 70.5 Å². The number of nitrogens with zero attached hydrogens (tertiary/aromatic N) is 1. The third kappa shape index (κ3) is 4.43. The lowest BCUT2D eigenvalue weighted by Crippen LogP contribution is -2.35. The first-order valence-corrected chi connectivity index (χ1v) is 3.45. The van der Waals surface area contributed by atoms with Crippen LogP contribution in [0.3, 0.4) is 0 Å². The molecule has 0 aromatic carbocycles. The van der Waals surface area contributed by atoms with Gasteiger partial charge in [-0.15, -0.1) is 0 Å². The van der Waals surface area contributed by atoms with Gasteiger partial charge in [0.25, 0.3) is 0 Å². The van der Waals surface area contributed by atoms with Gasteiger partial charge in [0, 0.05) is 7.05 Å². The van der Waals surface area contributed by atoms with Crippen LogP contribution in [0.4, 0.5) is 0 Å². The molecule has 0 atom stereocenters. The molecule has 0 fully saturated rings. The standard InChI is InChI=1S/C7H12N2O3/c1-5(10)3-7(12)9(2)4-6(8)11/h3-4H2,1-2H3,(H2,8,11). The molecule has 0 radical (unpaired) electrons. The molecule has 0 aromatic heterocycles. The summed E-state index contributed by atoms with van der Waals surface area (Å²) in [5, 5.41) is 0. The van der Waals surface area contributed by atoms with E-state index in [1.807, 2.05) is 0 Å². The van der Waals surface area contributed by atoms with Crippen LogP contribution in [0.5, 0.6) is 0 Å². The number of carbonyl (C=O) groups excluding carboxylic acids is 3. The van der Waals surface area contributed by atoms with Gasteiger partial charge in [0.15, 0.2) is 0 Å². The molecule has 68 valence electrons. The summed E-state index contributed by atoms with van der Waals surface area (Å²) >= 11 is 0. The molecule has 0 saturated heterocycles. The Hall–Kier alpha value is -1.39. The van der Waals surface area contributed by atoms with Gasteiger partial charge in [-0.2, -0.15) is 0 Å². The van der Waals surface area contributed by atoms with Crippen molar-refractivity contribution in [1.29, 1.82) is 0 Å². The molecule has 5 heteroatoms. The van der Waals surface area contributed by atoms with Crippen molar-refractivity contribution in [1.82, 2.24) is 4.90 Å². The predicted octanol–water partition coefficient (Wildman–Crippen LogP) is -1.09. The van der Waals surface area contributed by atoms with Crippen molar-refractivity contribution in [2.45, 2.75) is 13.3 Å². The molecule has 0 rings (SSSR count). The number of ketones is 1. The smallest absolute Gasteiger partial charge is 0.237 e. The molecular formula is C7H12N2O3. The lowest BCUT2D eigenvalue weighted by Gasteiger charge is -2.13. The molecular weight excluding hydrogens is 160 g/mol. The van der Waals surface area contributed by atoms with Gasteiger partial charge in [0.1, 0.15) is 5.78 Å². The molecule has 0 heterocycles. The fraction of sp³-hybridized carbons (Fsp3) is 0.571. The number of carbonyl (C=O) groups is 3. The number of rotatable bonds is 4. The zero-order valence-electron chi connectivity index (χ0n) is 7.16. The predicted molar refractivity (Wildman–Crippen MR) is 42.1 cm³/mol. The number of amides is 2. The molecule has 0 aromatic rings. The number of hydrogen-bond donors (Lipinski definition) is 1. The molecule has 5 nitrogen and oxygen atoms in total. The number of Topliss-reactive ketones (excluding diaryl/α,β-unsaturated/α-hetero) is 1. The maximum atomic E-state index is 11.0. The Balaban J connectivity index is 3.93. The topological polar surface area (TPSA) is 80.5 Å². The highest BCUT2D eigenvalue weighted by molar-refractivity contribution is 5.97. The Bertz CT molecular complexity index is 213. The number of likely N-dealkylation sites (N-methyl/N-ethyl adjacent to an activating group) is 1. The monoisotopic (exact) mass is 172 g/mol. The normalized spacial score (nSPS) is 9.17. The average Bonchev–Trinajstić information content (AvgIpc) is 1.84. The number of nitrogens with two attached hydrogens (primary N) is 1. The van der Waals surface area contributed by atoms with Gasteiger partial charge >= 0.3 is 0 Å². The molecule has 0 spiro atoms. The lowest BCUT2D eigenvalue weighted by molar-refractivity contribution is -0.136. The minimum atomic E-state index is -0.589. The van der Waals surface area contributed by atoms with E-state index < -0.39 is 5.91 Å². The minimum absolute atomic E-state index is 0.147. The second kappa shape index (κ2) is 4.48. The Kier molecular flexibility index (Phi) is 3.96. The van der Waals surface area contributed by atoms with E-state index in [1.54, 1.807) is 0 Å². The summed E-state index contributed by atoms with van der Waals surface area (Å²) in [6.45, 7) is 1.17. The second-order valence-corrected chi connectivity index (χ2v) is 2.59. The molecule has 0 unspecified atom stereocenters. The summed E-state index contributed by atoms with van der Waals surface area (Å²) in [6.07, 6.45) is -0.177. The zero-order valence-corrected chi connectivity index (χ0v) is 7.16. The quantitative estimate of drug-likeness (QED) is 0.547. The van der Waals surface area contributed by atoms with Gasteiger partial charge in [-0.25, -0.2) is 0 Å². The molecule has 0 aliphatic carbocycles. The van der Waals surface area contributed by atoms with Gasteiger partial charge in [0.05, 0.1) is 13.0 Å². The number of hydrogen-bond acceptors (Lipinski definition) is 3. The van der Waals surface area contributed by atoms with Gasteiger partial charge in [-0.05, 0) is 6.92 Å². The zero-order chi connectivity index (χ0) is 9.72. The largest absolute Gasteiger partial charge is 0.368 e. The van der Waals surface area contributed by atoms with Crippen molar-refractivity contribution in [3.8, 4) is 0 Å². The molecule has 2 N–H and O–H groups in total. The van der Waals surface area contributed by atoms with E-state index in [-0.39, 0.29) is 24.7 Å². The maximum Gasteiger partial charge on any atom is 0.237 e. The summed E-state index contributed by atoms with van der Waals surface area (Å²) in [7, 11) is 1.43. The maximum absolute atomic E-state index is 11.0. The third-order valence-electron chi connectivity index (χ3n) is 1.22. The Morgan fingerprint density at radius 1 is 1.33 bits per heavy atom. The first-order chi connectivity index (χ1) is 5.43. The molecule has 0 aliphatic heterocycles. The van der Waals surface area contributed by atoms with Crippen molar-refractivity contribution in [3.05, 3.63) is 0 Å². The van der Waals surface area contributed by atoms with Crippen molar-refractivity contribution in [2.75, 3.05) is 13.6 Å².